The highest BCUT2D eigenvalue weighted by Crippen LogP contribution is 2.28. The number of para-hydroxylation sites is 1. The molecule has 0 N–H and O–H groups in total. The molecule has 7 nitrogen and oxygen atoms in total. The number of benzene rings is 2. The highest BCUT2D eigenvalue weighted by atomic mass is 19.3. The molecular formula is C24H28F2N2O5. The van der Waals surface area contributed by atoms with Crippen LogP contribution in [-0.2, 0) is 11.3 Å². The van der Waals surface area contributed by atoms with E-state index in [-0.39, 0.29) is 29.7 Å². The smallest absolute Gasteiger partial charge is 0.387 e. The summed E-state index contributed by atoms with van der Waals surface area (Å²) in [5, 5.41) is 0. The summed E-state index contributed by atoms with van der Waals surface area (Å²) >= 11 is 0. The van der Waals surface area contributed by atoms with Crippen LogP contribution in [0.15, 0.2) is 42.5 Å². The number of carbonyl (C=O) groups excluding carboxylic acids is 2. The van der Waals surface area contributed by atoms with Gasteiger partial charge in [0.2, 0.25) is 5.91 Å². The number of hydrogen-bond acceptors (Lipinski definition) is 5. The van der Waals surface area contributed by atoms with Crippen molar-refractivity contribution in [2.45, 2.75) is 26.0 Å². The highest BCUT2D eigenvalue weighted by molar-refractivity contribution is 5.97. The molecule has 1 aliphatic rings. The van der Waals surface area contributed by atoms with E-state index in [1.54, 1.807) is 44.4 Å². The van der Waals surface area contributed by atoms with Gasteiger partial charge in [-0.25, -0.2) is 0 Å². The molecule has 0 radical (unpaired) electrons. The van der Waals surface area contributed by atoms with Gasteiger partial charge in [0.1, 0.15) is 17.2 Å². The number of rotatable bonds is 8. The third-order valence-corrected chi connectivity index (χ3v) is 5.67. The van der Waals surface area contributed by atoms with Crippen LogP contribution in [0.4, 0.5) is 8.78 Å². The Labute approximate surface area is 191 Å². The molecule has 1 heterocycles. The number of ether oxygens (including phenoxy) is 3. The Hall–Kier alpha value is -3.36. The molecule has 9 heteroatoms. The minimum absolute atomic E-state index is 0.0576. The molecule has 1 aliphatic heterocycles. The van der Waals surface area contributed by atoms with Crippen LogP contribution in [0.2, 0.25) is 0 Å². The molecule has 1 atom stereocenters. The van der Waals surface area contributed by atoms with Crippen molar-refractivity contribution in [2.24, 2.45) is 5.92 Å². The summed E-state index contributed by atoms with van der Waals surface area (Å²) in [4.78, 5) is 29.3. The number of amides is 2. The van der Waals surface area contributed by atoms with Gasteiger partial charge in [0.05, 0.1) is 25.7 Å². The number of halogens is 2. The minimum atomic E-state index is -3.03. The fraction of sp³-hybridized carbons (Fsp3) is 0.417. The Kier molecular flexibility index (Phi) is 8.08. The summed E-state index contributed by atoms with van der Waals surface area (Å²) < 4.78 is 40.6. The molecule has 2 aromatic rings. The second kappa shape index (κ2) is 11.0. The summed E-state index contributed by atoms with van der Waals surface area (Å²) in [5.74, 6) is 0.188. The lowest BCUT2D eigenvalue weighted by molar-refractivity contribution is -0.136. The lowest BCUT2D eigenvalue weighted by Gasteiger charge is -2.34. The van der Waals surface area contributed by atoms with Gasteiger partial charge < -0.3 is 24.0 Å². The summed E-state index contributed by atoms with van der Waals surface area (Å²) in [5.41, 5.74) is 0.887. The van der Waals surface area contributed by atoms with Crippen LogP contribution >= 0.6 is 0 Å². The van der Waals surface area contributed by atoms with Gasteiger partial charge in [-0.15, -0.1) is 0 Å². The van der Waals surface area contributed by atoms with Crippen molar-refractivity contribution in [1.29, 1.82) is 0 Å². The molecule has 1 unspecified atom stereocenters. The summed E-state index contributed by atoms with van der Waals surface area (Å²) in [7, 11) is 4.83. The molecule has 0 bridgehead atoms. The van der Waals surface area contributed by atoms with Crippen LogP contribution < -0.4 is 14.2 Å². The SMILES string of the molecule is COc1ccc(CN(C)C(=O)C2CCCN(C(=O)c3ccccc3OC(F)F)C2)c(OC)c1. The van der Waals surface area contributed by atoms with Crippen molar-refractivity contribution in [1.82, 2.24) is 9.80 Å². The first-order chi connectivity index (χ1) is 15.8. The minimum Gasteiger partial charge on any atom is -0.497 e. The number of piperidine rings is 1. The van der Waals surface area contributed by atoms with Gasteiger partial charge in [-0.2, -0.15) is 8.78 Å². The van der Waals surface area contributed by atoms with E-state index in [0.29, 0.717) is 37.4 Å². The molecule has 2 aromatic carbocycles. The maximum absolute atomic E-state index is 13.1. The lowest BCUT2D eigenvalue weighted by Crippen LogP contribution is -2.45. The Balaban J connectivity index is 1.69. The molecule has 3 rings (SSSR count). The fourth-order valence-corrected chi connectivity index (χ4v) is 4.00. The maximum atomic E-state index is 13.1. The van der Waals surface area contributed by atoms with Crippen molar-refractivity contribution >= 4 is 11.8 Å². The monoisotopic (exact) mass is 462 g/mol. The van der Waals surface area contributed by atoms with Gasteiger partial charge in [-0.1, -0.05) is 12.1 Å². The molecular weight excluding hydrogens is 434 g/mol. The molecule has 1 saturated heterocycles. The summed E-state index contributed by atoms with van der Waals surface area (Å²) in [6, 6.07) is 11.3. The van der Waals surface area contributed by atoms with Crippen molar-refractivity contribution in [3.8, 4) is 17.2 Å². The predicted octanol–water partition coefficient (Wildman–Crippen LogP) is 3.82. The number of carbonyl (C=O) groups is 2. The van der Waals surface area contributed by atoms with Crippen molar-refractivity contribution in [3.05, 3.63) is 53.6 Å². The second-order valence-corrected chi connectivity index (χ2v) is 7.84. The number of alkyl halides is 2. The van der Waals surface area contributed by atoms with E-state index >= 15 is 0 Å². The topological polar surface area (TPSA) is 68.3 Å². The Morgan fingerprint density at radius 1 is 1.12 bits per heavy atom. The van der Waals surface area contributed by atoms with E-state index in [0.717, 1.165) is 5.56 Å². The van der Waals surface area contributed by atoms with E-state index in [1.165, 1.54) is 23.1 Å². The number of hydrogen-bond donors (Lipinski definition) is 0. The molecule has 178 valence electrons. The summed E-state index contributed by atoms with van der Waals surface area (Å²) in [6.45, 7) is -2.04. The summed E-state index contributed by atoms with van der Waals surface area (Å²) in [6.07, 6.45) is 1.28. The van der Waals surface area contributed by atoms with Crippen LogP contribution in [0.25, 0.3) is 0 Å². The second-order valence-electron chi connectivity index (χ2n) is 7.84. The average Bonchev–Trinajstić information content (AvgIpc) is 2.83. The van der Waals surface area contributed by atoms with Crippen molar-refractivity contribution < 1.29 is 32.6 Å². The van der Waals surface area contributed by atoms with Crippen LogP contribution in [0.1, 0.15) is 28.8 Å². The first-order valence-corrected chi connectivity index (χ1v) is 10.6. The molecule has 33 heavy (non-hydrogen) atoms. The quantitative estimate of drug-likeness (QED) is 0.597. The van der Waals surface area contributed by atoms with Gasteiger partial charge in [0.15, 0.2) is 0 Å². The van der Waals surface area contributed by atoms with E-state index in [2.05, 4.69) is 4.74 Å². The highest BCUT2D eigenvalue weighted by Gasteiger charge is 2.32. The lowest BCUT2D eigenvalue weighted by atomic mass is 9.95. The fourth-order valence-electron chi connectivity index (χ4n) is 4.00. The van der Waals surface area contributed by atoms with Gasteiger partial charge in [-0.3, -0.25) is 9.59 Å². The molecule has 2 amide bonds. The maximum Gasteiger partial charge on any atom is 0.387 e. The largest absolute Gasteiger partial charge is 0.497 e. The normalized spacial score (nSPS) is 15.8. The van der Waals surface area contributed by atoms with E-state index in [9.17, 15) is 18.4 Å². The van der Waals surface area contributed by atoms with Crippen molar-refractivity contribution in [2.75, 3.05) is 34.4 Å². The zero-order chi connectivity index (χ0) is 24.0. The number of nitrogens with zero attached hydrogens (tertiary/aromatic N) is 2. The molecule has 0 aromatic heterocycles. The first-order valence-electron chi connectivity index (χ1n) is 10.6. The first kappa shape index (κ1) is 24.3. The van der Waals surface area contributed by atoms with Crippen LogP contribution in [0.3, 0.4) is 0 Å². The molecule has 0 spiro atoms. The number of methoxy groups -OCH3 is 2. The van der Waals surface area contributed by atoms with E-state index in [1.807, 2.05) is 6.07 Å². The standard InChI is InChI=1S/C24H28F2N2O5/c1-27(14-16-10-11-18(31-2)13-21(16)32-3)22(29)17-7-6-12-28(15-17)23(30)19-8-4-5-9-20(19)33-24(25)26/h4-5,8-11,13,17,24H,6-7,12,14-15H2,1-3H3. The average molecular weight is 462 g/mol. The van der Waals surface area contributed by atoms with Crippen LogP contribution in [0, 0.1) is 5.92 Å². The third-order valence-electron chi connectivity index (χ3n) is 5.67. The van der Waals surface area contributed by atoms with Gasteiger partial charge in [-0.05, 0) is 37.1 Å². The molecule has 1 fully saturated rings. The van der Waals surface area contributed by atoms with Gasteiger partial charge >= 0.3 is 6.61 Å². The Bertz CT molecular complexity index is 985. The van der Waals surface area contributed by atoms with Gasteiger partial charge in [0, 0.05) is 38.3 Å². The Morgan fingerprint density at radius 2 is 1.88 bits per heavy atom. The number of likely N-dealkylation sites (tertiary alicyclic amines) is 1. The van der Waals surface area contributed by atoms with E-state index < -0.39 is 12.5 Å². The van der Waals surface area contributed by atoms with Crippen molar-refractivity contribution in [3.63, 3.8) is 0 Å². The molecule has 0 saturated carbocycles. The Morgan fingerprint density at radius 3 is 2.58 bits per heavy atom. The van der Waals surface area contributed by atoms with Crippen LogP contribution in [-0.4, -0.2) is 62.6 Å². The third kappa shape index (κ3) is 5.91. The predicted molar refractivity (Wildman–Crippen MR) is 118 cm³/mol. The van der Waals surface area contributed by atoms with Gasteiger partial charge in [0.25, 0.3) is 5.91 Å². The zero-order valence-corrected chi connectivity index (χ0v) is 18.9. The van der Waals surface area contributed by atoms with E-state index in [4.69, 9.17) is 9.47 Å². The zero-order valence-electron chi connectivity index (χ0n) is 18.9. The molecule has 0 aliphatic carbocycles. The van der Waals surface area contributed by atoms with Crippen LogP contribution in [0.5, 0.6) is 17.2 Å².